The molecular formula is C40H24OS. The first-order chi connectivity index (χ1) is 20.8. The van der Waals surface area contributed by atoms with Crippen molar-refractivity contribution >= 4 is 42.3 Å². The zero-order valence-electron chi connectivity index (χ0n) is 22.7. The second kappa shape index (κ2) is 9.17. The Bertz CT molecular complexity index is 2330. The predicted molar refractivity (Wildman–Crippen MR) is 179 cm³/mol. The van der Waals surface area contributed by atoms with Crippen molar-refractivity contribution in [3.63, 3.8) is 0 Å². The molecule has 0 N–H and O–H groups in total. The lowest BCUT2D eigenvalue weighted by atomic mass is 9.88. The molecule has 42 heavy (non-hydrogen) atoms. The predicted octanol–water partition coefficient (Wildman–Crippen LogP) is 12.0. The Kier molecular flexibility index (Phi) is 5.13. The van der Waals surface area contributed by atoms with Gasteiger partial charge >= 0.3 is 0 Å². The minimum atomic E-state index is 0.912. The van der Waals surface area contributed by atoms with E-state index in [9.17, 15) is 0 Å². The summed E-state index contributed by atoms with van der Waals surface area (Å²) in [6.07, 6.45) is 0. The van der Waals surface area contributed by atoms with E-state index in [1.165, 1.54) is 69.9 Å². The van der Waals surface area contributed by atoms with Crippen LogP contribution in [0, 0.1) is 0 Å². The maximum absolute atomic E-state index is 6.40. The normalized spacial score (nSPS) is 12.0. The summed E-state index contributed by atoms with van der Waals surface area (Å²) in [5.41, 5.74) is 9.70. The van der Waals surface area contributed by atoms with Crippen molar-refractivity contribution in [1.29, 1.82) is 0 Å². The van der Waals surface area contributed by atoms with Crippen molar-refractivity contribution in [1.82, 2.24) is 0 Å². The molecular weight excluding hydrogens is 529 g/mol. The van der Waals surface area contributed by atoms with Gasteiger partial charge in [0.25, 0.3) is 0 Å². The molecule has 1 aromatic heterocycles. The molecule has 1 aliphatic heterocycles. The van der Waals surface area contributed by atoms with Crippen molar-refractivity contribution in [2.75, 3.05) is 0 Å². The first-order valence-corrected chi connectivity index (χ1v) is 15.1. The lowest BCUT2D eigenvalue weighted by Gasteiger charge is -2.22. The number of benzene rings is 7. The van der Waals surface area contributed by atoms with Crippen LogP contribution in [0.4, 0.5) is 0 Å². The average Bonchev–Trinajstić information content (AvgIpc) is 3.44. The van der Waals surface area contributed by atoms with E-state index in [0.717, 1.165) is 17.1 Å². The van der Waals surface area contributed by atoms with E-state index in [2.05, 4.69) is 140 Å². The summed E-state index contributed by atoms with van der Waals surface area (Å²) in [7, 11) is 0. The first kappa shape index (κ1) is 23.5. The Morgan fingerprint density at radius 3 is 1.95 bits per heavy atom. The topological polar surface area (TPSA) is 9.23 Å². The van der Waals surface area contributed by atoms with Crippen LogP contribution in [0.5, 0.6) is 11.5 Å². The Morgan fingerprint density at radius 1 is 0.381 bits per heavy atom. The molecule has 0 bridgehead atoms. The Labute approximate surface area is 247 Å². The van der Waals surface area contributed by atoms with Crippen LogP contribution in [0.3, 0.4) is 0 Å². The van der Waals surface area contributed by atoms with Crippen LogP contribution in [-0.2, 0) is 0 Å². The number of thiophene rings is 1. The van der Waals surface area contributed by atoms with Crippen LogP contribution in [0.25, 0.3) is 75.5 Å². The van der Waals surface area contributed by atoms with Crippen molar-refractivity contribution in [2.24, 2.45) is 0 Å². The van der Waals surface area contributed by atoms with E-state index in [-0.39, 0.29) is 0 Å². The van der Waals surface area contributed by atoms with Gasteiger partial charge in [-0.05, 0) is 80.7 Å². The molecule has 0 spiro atoms. The summed E-state index contributed by atoms with van der Waals surface area (Å²) in [4.78, 5) is 0. The number of hydrogen-bond donors (Lipinski definition) is 0. The van der Waals surface area contributed by atoms with Crippen LogP contribution in [0.15, 0.2) is 146 Å². The van der Waals surface area contributed by atoms with Gasteiger partial charge in [0.1, 0.15) is 11.5 Å². The van der Waals surface area contributed by atoms with E-state index in [0.29, 0.717) is 0 Å². The van der Waals surface area contributed by atoms with Gasteiger partial charge in [-0.15, -0.1) is 11.3 Å². The summed E-state index contributed by atoms with van der Waals surface area (Å²) >= 11 is 1.88. The van der Waals surface area contributed by atoms with Gasteiger partial charge in [-0.3, -0.25) is 0 Å². The largest absolute Gasteiger partial charge is 0.456 e. The highest BCUT2D eigenvalue weighted by molar-refractivity contribution is 7.26. The van der Waals surface area contributed by atoms with E-state index in [1.807, 2.05) is 17.4 Å². The Hall–Kier alpha value is -5.18. The van der Waals surface area contributed by atoms with Crippen LogP contribution in [-0.4, -0.2) is 0 Å². The molecule has 0 atom stereocenters. The fourth-order valence-corrected chi connectivity index (χ4v) is 7.78. The van der Waals surface area contributed by atoms with Gasteiger partial charge in [0.05, 0.1) is 0 Å². The molecule has 2 heterocycles. The fourth-order valence-electron chi connectivity index (χ4n) is 6.54. The van der Waals surface area contributed by atoms with Crippen LogP contribution < -0.4 is 4.74 Å². The number of para-hydroxylation sites is 1. The molecule has 0 radical (unpaired) electrons. The highest BCUT2D eigenvalue weighted by atomic mass is 32.1. The fraction of sp³-hybridized carbons (Fsp3) is 0. The molecule has 0 unspecified atom stereocenters. The van der Waals surface area contributed by atoms with Gasteiger partial charge in [0.15, 0.2) is 0 Å². The summed E-state index contributed by atoms with van der Waals surface area (Å²) < 4.78 is 9.06. The van der Waals surface area contributed by atoms with Gasteiger partial charge in [-0.1, -0.05) is 109 Å². The molecule has 0 saturated heterocycles. The van der Waals surface area contributed by atoms with Crippen LogP contribution in [0.1, 0.15) is 0 Å². The molecule has 196 valence electrons. The molecule has 7 aromatic carbocycles. The third-order valence-electron chi connectivity index (χ3n) is 8.47. The number of ether oxygens (including phenoxy) is 1. The van der Waals surface area contributed by atoms with Crippen molar-refractivity contribution in [3.8, 4) is 56.0 Å². The molecule has 8 aromatic rings. The summed E-state index contributed by atoms with van der Waals surface area (Å²) in [6.45, 7) is 0. The molecule has 1 aliphatic rings. The second-order valence-corrected chi connectivity index (χ2v) is 11.9. The maximum atomic E-state index is 6.40. The van der Waals surface area contributed by atoms with Crippen LogP contribution >= 0.6 is 11.3 Å². The SMILES string of the molecule is c1ccc(-c2cc(-c3ccc4c5c(cccc35)-c3ccccc3O4)cc(-c3cccc4c3sc3ccccc34)c2)cc1. The number of fused-ring (bicyclic) bond motifs is 5. The van der Waals surface area contributed by atoms with E-state index in [1.54, 1.807) is 0 Å². The summed E-state index contributed by atoms with van der Waals surface area (Å²) in [5.74, 6) is 1.83. The minimum Gasteiger partial charge on any atom is -0.456 e. The average molecular weight is 553 g/mol. The molecule has 0 saturated carbocycles. The quantitative estimate of drug-likeness (QED) is 0.212. The summed E-state index contributed by atoms with van der Waals surface area (Å²) in [6, 6.07) is 52.5. The molecule has 0 amide bonds. The monoisotopic (exact) mass is 552 g/mol. The summed E-state index contributed by atoms with van der Waals surface area (Å²) in [5, 5.41) is 5.02. The molecule has 0 aliphatic carbocycles. The van der Waals surface area contributed by atoms with Gasteiger partial charge in [-0.2, -0.15) is 0 Å². The van der Waals surface area contributed by atoms with E-state index < -0.39 is 0 Å². The third-order valence-corrected chi connectivity index (χ3v) is 9.69. The number of rotatable bonds is 3. The second-order valence-electron chi connectivity index (χ2n) is 10.9. The van der Waals surface area contributed by atoms with Gasteiger partial charge < -0.3 is 4.74 Å². The van der Waals surface area contributed by atoms with E-state index >= 15 is 0 Å². The minimum absolute atomic E-state index is 0.912. The lowest BCUT2D eigenvalue weighted by molar-refractivity contribution is 0.487. The molecule has 1 nitrogen and oxygen atoms in total. The third kappa shape index (κ3) is 3.56. The van der Waals surface area contributed by atoms with Crippen molar-refractivity contribution in [3.05, 3.63) is 146 Å². The highest BCUT2D eigenvalue weighted by Crippen LogP contribution is 2.49. The Morgan fingerprint density at radius 2 is 1.05 bits per heavy atom. The highest BCUT2D eigenvalue weighted by Gasteiger charge is 2.22. The maximum Gasteiger partial charge on any atom is 0.135 e. The lowest BCUT2D eigenvalue weighted by Crippen LogP contribution is -1.97. The Balaban J connectivity index is 1.32. The van der Waals surface area contributed by atoms with E-state index in [4.69, 9.17) is 4.74 Å². The zero-order chi connectivity index (χ0) is 27.6. The van der Waals surface area contributed by atoms with Gasteiger partial charge in [0, 0.05) is 31.1 Å². The smallest absolute Gasteiger partial charge is 0.135 e. The molecule has 9 rings (SSSR count). The number of hydrogen-bond acceptors (Lipinski definition) is 2. The standard InChI is InChI=1S/C40H24OS/c1-2-10-25(11-3-1)26-22-27(24-28(23-26)30-14-8-17-35-32-13-5-7-19-38(32)42-40(30)35)29-20-21-37-39-33(29)15-9-16-34(39)31-12-4-6-18-36(31)41-37/h1-24H. The first-order valence-electron chi connectivity index (χ1n) is 14.3. The van der Waals surface area contributed by atoms with Crippen molar-refractivity contribution < 1.29 is 4.74 Å². The zero-order valence-corrected chi connectivity index (χ0v) is 23.5. The van der Waals surface area contributed by atoms with Gasteiger partial charge in [0.2, 0.25) is 0 Å². The van der Waals surface area contributed by atoms with Crippen molar-refractivity contribution in [2.45, 2.75) is 0 Å². The molecule has 2 heteroatoms. The van der Waals surface area contributed by atoms with Crippen LogP contribution in [0.2, 0.25) is 0 Å². The van der Waals surface area contributed by atoms with Gasteiger partial charge in [-0.25, -0.2) is 0 Å². The molecule has 0 fully saturated rings.